The number of nitrogens with one attached hydrogen (secondary N) is 1. The van der Waals surface area contributed by atoms with E-state index in [2.05, 4.69) is 12.2 Å². The van der Waals surface area contributed by atoms with Crippen LogP contribution in [0.5, 0.6) is 5.75 Å². The first-order valence-electron chi connectivity index (χ1n) is 7.27. The number of rotatable bonds is 7. The molecule has 0 radical (unpaired) electrons. The monoisotopic (exact) mass is 278 g/mol. The number of non-ortho nitro benzene ring substituents is 1. The average Bonchev–Trinajstić information content (AvgIpc) is 2.98. The van der Waals surface area contributed by atoms with E-state index in [4.69, 9.17) is 4.74 Å². The maximum atomic E-state index is 10.5. The summed E-state index contributed by atoms with van der Waals surface area (Å²) in [7, 11) is 0. The molecule has 1 aliphatic carbocycles. The molecule has 0 aliphatic heterocycles. The average molecular weight is 278 g/mol. The minimum absolute atomic E-state index is 0.0883. The lowest BCUT2D eigenvalue weighted by Crippen LogP contribution is -2.35. The van der Waals surface area contributed by atoms with E-state index < -0.39 is 4.92 Å². The summed E-state index contributed by atoms with van der Waals surface area (Å²) in [6, 6.07) is 6.74. The zero-order valence-electron chi connectivity index (χ0n) is 11.9. The van der Waals surface area contributed by atoms with Crippen molar-refractivity contribution in [1.82, 2.24) is 5.32 Å². The van der Waals surface area contributed by atoms with E-state index in [0.717, 1.165) is 12.5 Å². The number of hydrogen-bond acceptors (Lipinski definition) is 4. The molecule has 1 N–H and O–H groups in total. The molecule has 1 atom stereocenters. The highest BCUT2D eigenvalue weighted by molar-refractivity contribution is 5.35. The van der Waals surface area contributed by atoms with E-state index >= 15 is 0 Å². The third kappa shape index (κ3) is 4.20. The van der Waals surface area contributed by atoms with Gasteiger partial charge < -0.3 is 10.1 Å². The van der Waals surface area contributed by atoms with Crippen molar-refractivity contribution < 1.29 is 9.66 Å². The van der Waals surface area contributed by atoms with E-state index in [-0.39, 0.29) is 5.69 Å². The number of nitro benzene ring substituents is 1. The summed E-state index contributed by atoms with van der Waals surface area (Å²) in [5.74, 6) is 1.47. The number of ether oxygens (including phenoxy) is 1. The van der Waals surface area contributed by atoms with Crippen molar-refractivity contribution in [3.8, 4) is 5.75 Å². The predicted molar refractivity (Wildman–Crippen MR) is 78.0 cm³/mol. The smallest absolute Gasteiger partial charge is 0.269 e. The third-order valence-corrected chi connectivity index (χ3v) is 3.99. The highest BCUT2D eigenvalue weighted by atomic mass is 16.6. The second-order valence-corrected chi connectivity index (χ2v) is 5.39. The van der Waals surface area contributed by atoms with Gasteiger partial charge in [-0.15, -0.1) is 0 Å². The second kappa shape index (κ2) is 7.24. The summed E-state index contributed by atoms with van der Waals surface area (Å²) in [4.78, 5) is 10.1. The fraction of sp³-hybridized carbons (Fsp3) is 0.600. The van der Waals surface area contributed by atoms with Crippen molar-refractivity contribution >= 4 is 5.69 Å². The molecule has 5 nitrogen and oxygen atoms in total. The molecule has 5 heteroatoms. The SMILES string of the molecule is C[C@@H](NCCOc1ccc([N+](=O)[O-])cc1)C1CCCC1. The van der Waals surface area contributed by atoms with Crippen molar-refractivity contribution in [1.29, 1.82) is 0 Å². The third-order valence-electron chi connectivity index (χ3n) is 3.99. The van der Waals surface area contributed by atoms with Crippen LogP contribution in [0.4, 0.5) is 5.69 Å². The van der Waals surface area contributed by atoms with Gasteiger partial charge in [-0.25, -0.2) is 0 Å². The quantitative estimate of drug-likeness (QED) is 0.473. The van der Waals surface area contributed by atoms with Crippen LogP contribution >= 0.6 is 0 Å². The van der Waals surface area contributed by atoms with Gasteiger partial charge in [0.25, 0.3) is 5.69 Å². The number of benzene rings is 1. The number of hydrogen-bond donors (Lipinski definition) is 1. The summed E-state index contributed by atoms with van der Waals surface area (Å²) in [6.45, 7) is 3.62. The van der Waals surface area contributed by atoms with Gasteiger partial charge in [0.1, 0.15) is 12.4 Å². The van der Waals surface area contributed by atoms with Crippen LogP contribution < -0.4 is 10.1 Å². The van der Waals surface area contributed by atoms with Crippen molar-refractivity contribution in [2.45, 2.75) is 38.6 Å². The van der Waals surface area contributed by atoms with E-state index in [9.17, 15) is 10.1 Å². The largest absolute Gasteiger partial charge is 0.492 e. The molecule has 0 heterocycles. The molecule has 20 heavy (non-hydrogen) atoms. The topological polar surface area (TPSA) is 64.4 Å². The van der Waals surface area contributed by atoms with E-state index in [1.54, 1.807) is 12.1 Å². The molecule has 1 aromatic carbocycles. The minimum Gasteiger partial charge on any atom is -0.492 e. The van der Waals surface area contributed by atoms with Crippen LogP contribution in [0.3, 0.4) is 0 Å². The Bertz CT molecular complexity index is 427. The highest BCUT2D eigenvalue weighted by Crippen LogP contribution is 2.27. The van der Waals surface area contributed by atoms with Gasteiger partial charge in [-0.2, -0.15) is 0 Å². The van der Waals surface area contributed by atoms with Gasteiger partial charge in [0.2, 0.25) is 0 Å². The Labute approximate surface area is 119 Å². The Hall–Kier alpha value is -1.62. The van der Waals surface area contributed by atoms with E-state index in [1.165, 1.54) is 37.8 Å². The van der Waals surface area contributed by atoms with Gasteiger partial charge in [0, 0.05) is 24.7 Å². The maximum Gasteiger partial charge on any atom is 0.269 e. The normalized spacial score (nSPS) is 17.1. The lowest BCUT2D eigenvalue weighted by atomic mass is 10.00. The van der Waals surface area contributed by atoms with Crippen molar-refractivity contribution in [3.63, 3.8) is 0 Å². The Morgan fingerprint density at radius 1 is 1.35 bits per heavy atom. The van der Waals surface area contributed by atoms with Gasteiger partial charge in [0.05, 0.1) is 4.92 Å². The molecule has 0 bridgehead atoms. The van der Waals surface area contributed by atoms with Gasteiger partial charge in [0.15, 0.2) is 0 Å². The van der Waals surface area contributed by atoms with Crippen LogP contribution in [0, 0.1) is 16.0 Å². The van der Waals surface area contributed by atoms with Crippen LogP contribution in [-0.2, 0) is 0 Å². The Balaban J connectivity index is 1.66. The zero-order chi connectivity index (χ0) is 14.4. The molecular formula is C15H22N2O3. The van der Waals surface area contributed by atoms with E-state index in [1.807, 2.05) is 0 Å². The van der Waals surface area contributed by atoms with Gasteiger partial charge in [-0.3, -0.25) is 10.1 Å². The van der Waals surface area contributed by atoms with Crippen LogP contribution in [0.2, 0.25) is 0 Å². The summed E-state index contributed by atoms with van der Waals surface area (Å²) in [5, 5.41) is 14.0. The molecule has 1 fully saturated rings. The molecule has 110 valence electrons. The summed E-state index contributed by atoms with van der Waals surface area (Å²) in [6.07, 6.45) is 5.38. The highest BCUT2D eigenvalue weighted by Gasteiger charge is 2.20. The first-order chi connectivity index (χ1) is 9.66. The second-order valence-electron chi connectivity index (χ2n) is 5.39. The predicted octanol–water partition coefficient (Wildman–Crippen LogP) is 3.14. The minimum atomic E-state index is -0.408. The number of nitro groups is 1. The van der Waals surface area contributed by atoms with Gasteiger partial charge in [-0.1, -0.05) is 12.8 Å². The van der Waals surface area contributed by atoms with Crippen LogP contribution in [0.25, 0.3) is 0 Å². The molecule has 2 rings (SSSR count). The molecule has 0 saturated heterocycles. The van der Waals surface area contributed by atoms with Crippen LogP contribution in [-0.4, -0.2) is 24.1 Å². The van der Waals surface area contributed by atoms with Crippen molar-refractivity contribution in [2.24, 2.45) is 5.92 Å². The number of nitrogens with zero attached hydrogens (tertiary/aromatic N) is 1. The summed E-state index contributed by atoms with van der Waals surface area (Å²) >= 11 is 0. The van der Waals surface area contributed by atoms with E-state index in [0.29, 0.717) is 18.4 Å². The fourth-order valence-electron chi connectivity index (χ4n) is 2.74. The Morgan fingerprint density at radius 2 is 2.00 bits per heavy atom. The van der Waals surface area contributed by atoms with Crippen LogP contribution in [0.15, 0.2) is 24.3 Å². The zero-order valence-corrected chi connectivity index (χ0v) is 11.9. The van der Waals surface area contributed by atoms with Crippen molar-refractivity contribution in [3.05, 3.63) is 34.4 Å². The van der Waals surface area contributed by atoms with Gasteiger partial charge >= 0.3 is 0 Å². The Morgan fingerprint density at radius 3 is 2.60 bits per heavy atom. The first kappa shape index (κ1) is 14.8. The molecule has 1 aromatic rings. The molecular weight excluding hydrogens is 256 g/mol. The molecule has 0 aromatic heterocycles. The lowest BCUT2D eigenvalue weighted by molar-refractivity contribution is -0.384. The van der Waals surface area contributed by atoms with Crippen LogP contribution in [0.1, 0.15) is 32.6 Å². The Kier molecular flexibility index (Phi) is 5.35. The molecule has 0 amide bonds. The standard InChI is InChI=1S/C15H22N2O3/c1-12(13-4-2-3-5-13)16-10-11-20-15-8-6-14(7-9-15)17(18)19/h6-9,12-13,16H,2-5,10-11H2,1H3/t12-/m1/s1. The molecule has 1 saturated carbocycles. The van der Waals surface area contributed by atoms with Crippen molar-refractivity contribution in [2.75, 3.05) is 13.2 Å². The summed E-state index contributed by atoms with van der Waals surface area (Å²) < 4.78 is 5.57. The summed E-state index contributed by atoms with van der Waals surface area (Å²) in [5.41, 5.74) is 0.0883. The lowest BCUT2D eigenvalue weighted by Gasteiger charge is -2.20. The fourth-order valence-corrected chi connectivity index (χ4v) is 2.74. The first-order valence-corrected chi connectivity index (χ1v) is 7.27. The molecule has 0 unspecified atom stereocenters. The van der Waals surface area contributed by atoms with Gasteiger partial charge in [-0.05, 0) is 37.8 Å². The maximum absolute atomic E-state index is 10.5. The molecule has 1 aliphatic rings. The molecule has 0 spiro atoms.